The van der Waals surface area contributed by atoms with Crippen molar-refractivity contribution >= 4 is 11.8 Å². The van der Waals surface area contributed by atoms with E-state index in [4.69, 9.17) is 10.00 Å². The summed E-state index contributed by atoms with van der Waals surface area (Å²) in [6.07, 6.45) is 3.23. The van der Waals surface area contributed by atoms with E-state index in [0.717, 1.165) is 30.0 Å². The Labute approximate surface area is 114 Å². The number of ether oxygens (including phenoxy) is 1. The Morgan fingerprint density at radius 3 is 2.89 bits per heavy atom. The van der Waals surface area contributed by atoms with E-state index in [2.05, 4.69) is 18.5 Å². The Morgan fingerprint density at radius 2 is 2.22 bits per heavy atom. The molecule has 1 N–H and O–H groups in total. The molecule has 0 saturated carbocycles. The van der Waals surface area contributed by atoms with Gasteiger partial charge in [0.05, 0.1) is 0 Å². The first kappa shape index (κ1) is 14.9. The zero-order valence-corrected chi connectivity index (χ0v) is 11.8. The molecule has 0 aliphatic rings. The second-order valence-electron chi connectivity index (χ2n) is 4.00. The van der Waals surface area contributed by atoms with Crippen LogP contribution in [0.25, 0.3) is 0 Å². The van der Waals surface area contributed by atoms with Gasteiger partial charge in [-0.2, -0.15) is 17.0 Å². The summed E-state index contributed by atoms with van der Waals surface area (Å²) in [6, 6.07) is 10.4. The lowest BCUT2D eigenvalue weighted by Crippen LogP contribution is -2.30. The van der Waals surface area contributed by atoms with Gasteiger partial charge in [0.2, 0.25) is 0 Å². The summed E-state index contributed by atoms with van der Waals surface area (Å²) >= 11 is 1.85. The van der Waals surface area contributed by atoms with Crippen LogP contribution in [0, 0.1) is 11.3 Å². The van der Waals surface area contributed by atoms with E-state index in [1.807, 2.05) is 42.1 Å². The third-order valence-electron chi connectivity index (χ3n) is 2.71. The molecule has 0 heterocycles. The summed E-state index contributed by atoms with van der Waals surface area (Å²) in [5.74, 6) is 1.91. The Hall–Kier alpha value is -1.18. The van der Waals surface area contributed by atoms with Crippen LogP contribution < -0.4 is 10.1 Å². The Bertz CT molecular complexity index is 390. The molecule has 1 unspecified atom stereocenters. The molecule has 0 saturated heterocycles. The van der Waals surface area contributed by atoms with Gasteiger partial charge in [-0.3, -0.25) is 0 Å². The minimum absolute atomic E-state index is 0.0963. The monoisotopic (exact) mass is 264 g/mol. The van der Waals surface area contributed by atoms with Crippen LogP contribution in [0.2, 0.25) is 0 Å². The smallest absolute Gasteiger partial charge is 0.174 e. The highest BCUT2D eigenvalue weighted by Gasteiger charge is 2.07. The van der Waals surface area contributed by atoms with Gasteiger partial charge in [0, 0.05) is 23.9 Å². The molecule has 1 rings (SSSR count). The van der Waals surface area contributed by atoms with Gasteiger partial charge < -0.3 is 10.1 Å². The number of nitrogens with one attached hydrogen (secondary N) is 1. The van der Waals surface area contributed by atoms with Crippen molar-refractivity contribution in [1.29, 1.82) is 5.26 Å². The maximum Gasteiger partial charge on any atom is 0.174 e. The van der Waals surface area contributed by atoms with Crippen LogP contribution in [-0.4, -0.2) is 24.7 Å². The standard InChI is InChI=1S/C14H20N2OS/c1-3-13(11-18-2)16-10-12-6-4-5-7-14(12)17-9-8-15/h4-7,13,16H,3,9-11H2,1-2H3. The SMILES string of the molecule is CCC(CSC)NCc1ccccc1OCC#N. The zero-order chi connectivity index (χ0) is 13.2. The van der Waals surface area contributed by atoms with Crippen molar-refractivity contribution in [2.24, 2.45) is 0 Å². The maximum absolute atomic E-state index is 8.55. The molecule has 0 aromatic heterocycles. The minimum Gasteiger partial charge on any atom is -0.478 e. The molecule has 0 radical (unpaired) electrons. The Morgan fingerprint density at radius 1 is 1.44 bits per heavy atom. The van der Waals surface area contributed by atoms with Crippen molar-refractivity contribution in [3.63, 3.8) is 0 Å². The van der Waals surface area contributed by atoms with E-state index in [-0.39, 0.29) is 6.61 Å². The summed E-state index contributed by atoms with van der Waals surface area (Å²) in [4.78, 5) is 0. The molecule has 3 nitrogen and oxygen atoms in total. The molecule has 1 atom stereocenters. The molecule has 98 valence electrons. The van der Waals surface area contributed by atoms with Crippen LogP contribution in [0.4, 0.5) is 0 Å². The summed E-state index contributed by atoms with van der Waals surface area (Å²) in [5, 5.41) is 12.1. The minimum atomic E-state index is 0.0963. The first-order valence-corrected chi connectivity index (χ1v) is 7.51. The second kappa shape index (κ2) is 8.84. The number of hydrogen-bond donors (Lipinski definition) is 1. The molecule has 0 amide bonds. The lowest BCUT2D eigenvalue weighted by Gasteiger charge is -2.17. The van der Waals surface area contributed by atoms with Crippen LogP contribution >= 0.6 is 11.8 Å². The van der Waals surface area contributed by atoms with E-state index in [1.54, 1.807) is 0 Å². The van der Waals surface area contributed by atoms with Crippen molar-refractivity contribution in [3.8, 4) is 11.8 Å². The third kappa shape index (κ3) is 4.99. The van der Waals surface area contributed by atoms with Crippen molar-refractivity contribution in [1.82, 2.24) is 5.32 Å². The molecular weight excluding hydrogens is 244 g/mol. The molecule has 0 bridgehead atoms. The number of benzene rings is 1. The molecule has 4 heteroatoms. The topological polar surface area (TPSA) is 45.0 Å². The summed E-state index contributed by atoms with van der Waals surface area (Å²) in [6.45, 7) is 3.06. The third-order valence-corrected chi connectivity index (χ3v) is 3.44. The molecule has 18 heavy (non-hydrogen) atoms. The second-order valence-corrected chi connectivity index (χ2v) is 4.91. The number of hydrogen-bond acceptors (Lipinski definition) is 4. The molecule has 1 aromatic rings. The summed E-state index contributed by atoms with van der Waals surface area (Å²) in [7, 11) is 0. The van der Waals surface area contributed by atoms with E-state index in [1.165, 1.54) is 0 Å². The highest BCUT2D eigenvalue weighted by Crippen LogP contribution is 2.18. The summed E-state index contributed by atoms with van der Waals surface area (Å²) in [5.41, 5.74) is 1.10. The van der Waals surface area contributed by atoms with Gasteiger partial charge in [0.25, 0.3) is 0 Å². The van der Waals surface area contributed by atoms with Crippen molar-refractivity contribution in [2.45, 2.75) is 25.9 Å². The van der Waals surface area contributed by atoms with Crippen molar-refractivity contribution < 1.29 is 4.74 Å². The quantitative estimate of drug-likeness (QED) is 0.784. The normalized spacial score (nSPS) is 11.8. The van der Waals surface area contributed by atoms with Crippen LogP contribution in [0.15, 0.2) is 24.3 Å². The van der Waals surface area contributed by atoms with E-state index < -0.39 is 0 Å². The number of para-hydroxylation sites is 1. The van der Waals surface area contributed by atoms with Crippen molar-refractivity contribution in [3.05, 3.63) is 29.8 Å². The van der Waals surface area contributed by atoms with Gasteiger partial charge in [-0.05, 0) is 18.7 Å². The number of rotatable bonds is 8. The maximum atomic E-state index is 8.55. The predicted molar refractivity (Wildman–Crippen MR) is 76.9 cm³/mol. The van der Waals surface area contributed by atoms with Crippen LogP contribution in [0.3, 0.4) is 0 Å². The fraction of sp³-hybridized carbons (Fsp3) is 0.500. The molecule has 0 aliphatic carbocycles. The van der Waals surface area contributed by atoms with Gasteiger partial charge in [0.1, 0.15) is 11.8 Å². The van der Waals surface area contributed by atoms with E-state index in [0.29, 0.717) is 6.04 Å². The average Bonchev–Trinajstić information content (AvgIpc) is 2.42. The fourth-order valence-corrected chi connectivity index (χ4v) is 2.43. The largest absolute Gasteiger partial charge is 0.478 e. The molecule has 1 aromatic carbocycles. The highest BCUT2D eigenvalue weighted by molar-refractivity contribution is 7.98. The number of nitrogens with zero attached hydrogens (tertiary/aromatic N) is 1. The van der Waals surface area contributed by atoms with Crippen molar-refractivity contribution in [2.75, 3.05) is 18.6 Å². The van der Waals surface area contributed by atoms with Crippen LogP contribution in [-0.2, 0) is 6.54 Å². The molecule has 0 spiro atoms. The molecule has 0 aliphatic heterocycles. The predicted octanol–water partition coefficient (Wildman–Crippen LogP) is 2.82. The van der Waals surface area contributed by atoms with Crippen LogP contribution in [0.5, 0.6) is 5.75 Å². The van der Waals surface area contributed by atoms with Gasteiger partial charge >= 0.3 is 0 Å². The lowest BCUT2D eigenvalue weighted by molar-refractivity contribution is 0.361. The van der Waals surface area contributed by atoms with Gasteiger partial charge in [-0.1, -0.05) is 25.1 Å². The number of thioether (sulfide) groups is 1. The average molecular weight is 264 g/mol. The van der Waals surface area contributed by atoms with Crippen LogP contribution in [0.1, 0.15) is 18.9 Å². The molecular formula is C14H20N2OS. The zero-order valence-electron chi connectivity index (χ0n) is 11.0. The highest BCUT2D eigenvalue weighted by atomic mass is 32.2. The van der Waals surface area contributed by atoms with E-state index >= 15 is 0 Å². The van der Waals surface area contributed by atoms with Gasteiger partial charge in [-0.25, -0.2) is 0 Å². The van der Waals surface area contributed by atoms with Gasteiger partial charge in [0.15, 0.2) is 6.61 Å². The lowest BCUT2D eigenvalue weighted by atomic mass is 10.2. The van der Waals surface area contributed by atoms with Gasteiger partial charge in [-0.15, -0.1) is 0 Å². The first-order chi connectivity index (χ1) is 8.81. The Balaban J connectivity index is 2.57. The molecule has 0 fully saturated rings. The van der Waals surface area contributed by atoms with E-state index in [9.17, 15) is 0 Å². The number of nitriles is 1. The fourth-order valence-electron chi connectivity index (χ4n) is 1.68. The Kier molecular flexibility index (Phi) is 7.31. The first-order valence-electron chi connectivity index (χ1n) is 6.11. The summed E-state index contributed by atoms with van der Waals surface area (Å²) < 4.78 is 5.41.